The van der Waals surface area contributed by atoms with Crippen LogP contribution in [0.1, 0.15) is 25.6 Å². The standard InChI is InChI=1S/C16H16BrN3O/c1-11(2)20-9-15(18-19-20)10-21-16-6-4-12-7-14(17)5-3-13(12)8-16/h3-9,11H,10H2,1-2H3. The van der Waals surface area contributed by atoms with Gasteiger partial charge in [0.25, 0.3) is 0 Å². The molecule has 0 spiro atoms. The van der Waals surface area contributed by atoms with Gasteiger partial charge in [-0.3, -0.25) is 0 Å². The molecular weight excluding hydrogens is 330 g/mol. The molecule has 1 heterocycles. The average molecular weight is 346 g/mol. The Morgan fingerprint density at radius 1 is 1.14 bits per heavy atom. The molecule has 5 heteroatoms. The topological polar surface area (TPSA) is 39.9 Å². The summed E-state index contributed by atoms with van der Waals surface area (Å²) in [5.74, 6) is 0.837. The number of hydrogen-bond donors (Lipinski definition) is 0. The predicted molar refractivity (Wildman–Crippen MR) is 86.4 cm³/mol. The van der Waals surface area contributed by atoms with Gasteiger partial charge in [-0.25, -0.2) is 4.68 Å². The summed E-state index contributed by atoms with van der Waals surface area (Å²) in [6.45, 7) is 4.57. The fraction of sp³-hybridized carbons (Fsp3) is 0.250. The zero-order chi connectivity index (χ0) is 14.8. The van der Waals surface area contributed by atoms with Crippen LogP contribution in [0.15, 0.2) is 47.1 Å². The number of hydrogen-bond acceptors (Lipinski definition) is 3. The molecule has 21 heavy (non-hydrogen) atoms. The molecule has 0 N–H and O–H groups in total. The number of rotatable bonds is 4. The molecule has 0 amide bonds. The van der Waals surface area contributed by atoms with Crippen molar-refractivity contribution in [2.75, 3.05) is 0 Å². The third-order valence-corrected chi connectivity index (χ3v) is 3.74. The minimum absolute atomic E-state index is 0.311. The molecule has 0 unspecified atom stereocenters. The molecule has 1 aromatic heterocycles. The minimum Gasteiger partial charge on any atom is -0.487 e. The van der Waals surface area contributed by atoms with Crippen molar-refractivity contribution < 1.29 is 4.74 Å². The van der Waals surface area contributed by atoms with Gasteiger partial charge in [0.05, 0.1) is 6.20 Å². The van der Waals surface area contributed by atoms with E-state index >= 15 is 0 Å². The van der Waals surface area contributed by atoms with Crippen LogP contribution in [0, 0.1) is 0 Å². The number of halogens is 1. The maximum Gasteiger partial charge on any atom is 0.134 e. The van der Waals surface area contributed by atoms with Crippen LogP contribution in [-0.4, -0.2) is 15.0 Å². The second-order valence-electron chi connectivity index (χ2n) is 5.23. The number of aromatic nitrogens is 3. The molecule has 0 aliphatic carbocycles. The number of nitrogens with zero attached hydrogens (tertiary/aromatic N) is 3. The Morgan fingerprint density at radius 3 is 2.67 bits per heavy atom. The first-order chi connectivity index (χ1) is 10.1. The fourth-order valence-corrected chi connectivity index (χ4v) is 2.45. The van der Waals surface area contributed by atoms with Gasteiger partial charge in [0.1, 0.15) is 18.1 Å². The molecule has 108 valence electrons. The molecule has 0 radical (unpaired) electrons. The number of ether oxygens (including phenoxy) is 1. The first-order valence-corrected chi connectivity index (χ1v) is 7.64. The zero-order valence-corrected chi connectivity index (χ0v) is 13.5. The summed E-state index contributed by atoms with van der Waals surface area (Å²) >= 11 is 3.48. The van der Waals surface area contributed by atoms with Crippen LogP contribution in [0.2, 0.25) is 0 Å². The van der Waals surface area contributed by atoms with Gasteiger partial charge in [0, 0.05) is 10.5 Å². The van der Waals surface area contributed by atoms with E-state index in [1.54, 1.807) is 0 Å². The molecule has 3 rings (SSSR count). The van der Waals surface area contributed by atoms with Crippen molar-refractivity contribution in [3.05, 3.63) is 52.8 Å². The maximum atomic E-state index is 5.80. The first kappa shape index (κ1) is 14.1. The van der Waals surface area contributed by atoms with Crippen molar-refractivity contribution in [3.63, 3.8) is 0 Å². The van der Waals surface area contributed by atoms with Crippen molar-refractivity contribution in [2.45, 2.75) is 26.5 Å². The average Bonchev–Trinajstić information content (AvgIpc) is 2.94. The van der Waals surface area contributed by atoms with E-state index < -0.39 is 0 Å². The van der Waals surface area contributed by atoms with E-state index in [0.717, 1.165) is 21.3 Å². The van der Waals surface area contributed by atoms with Crippen molar-refractivity contribution in [1.82, 2.24) is 15.0 Å². The Labute approximate surface area is 131 Å². The SMILES string of the molecule is CC(C)n1cc(COc2ccc3cc(Br)ccc3c2)nn1. The normalized spacial score (nSPS) is 11.2. The quantitative estimate of drug-likeness (QED) is 0.705. The van der Waals surface area contributed by atoms with Crippen molar-refractivity contribution in [1.29, 1.82) is 0 Å². The second kappa shape index (κ2) is 5.85. The van der Waals surface area contributed by atoms with Crippen LogP contribution >= 0.6 is 15.9 Å². The lowest BCUT2D eigenvalue weighted by Crippen LogP contribution is -2.00. The zero-order valence-electron chi connectivity index (χ0n) is 12.0. The smallest absolute Gasteiger partial charge is 0.134 e. The predicted octanol–water partition coefficient (Wildman–Crippen LogP) is 4.35. The van der Waals surface area contributed by atoms with E-state index in [4.69, 9.17) is 4.74 Å². The molecule has 0 saturated carbocycles. The van der Waals surface area contributed by atoms with Gasteiger partial charge in [0.15, 0.2) is 0 Å². The fourth-order valence-electron chi connectivity index (χ4n) is 2.07. The summed E-state index contributed by atoms with van der Waals surface area (Å²) < 4.78 is 8.70. The van der Waals surface area contributed by atoms with Crippen LogP contribution in [0.3, 0.4) is 0 Å². The van der Waals surface area contributed by atoms with Gasteiger partial charge in [0.2, 0.25) is 0 Å². The van der Waals surface area contributed by atoms with Crippen LogP contribution in [0.25, 0.3) is 10.8 Å². The Kier molecular flexibility index (Phi) is 3.92. The van der Waals surface area contributed by atoms with Gasteiger partial charge in [-0.1, -0.05) is 33.3 Å². The molecule has 2 aromatic carbocycles. The number of benzene rings is 2. The Bertz CT molecular complexity index is 767. The van der Waals surface area contributed by atoms with E-state index in [1.807, 2.05) is 29.1 Å². The van der Waals surface area contributed by atoms with Gasteiger partial charge in [-0.2, -0.15) is 0 Å². The van der Waals surface area contributed by atoms with Gasteiger partial charge >= 0.3 is 0 Å². The van der Waals surface area contributed by atoms with E-state index in [0.29, 0.717) is 12.6 Å². The summed E-state index contributed by atoms with van der Waals surface area (Å²) in [4.78, 5) is 0. The van der Waals surface area contributed by atoms with Gasteiger partial charge in [-0.05, 0) is 48.9 Å². The monoisotopic (exact) mass is 345 g/mol. The van der Waals surface area contributed by atoms with Crippen LogP contribution < -0.4 is 4.74 Å². The van der Waals surface area contributed by atoms with Crippen molar-refractivity contribution >= 4 is 26.7 Å². The highest BCUT2D eigenvalue weighted by Gasteiger charge is 2.05. The lowest BCUT2D eigenvalue weighted by molar-refractivity contribution is 0.301. The molecule has 0 aliphatic rings. The summed E-state index contributed by atoms with van der Waals surface area (Å²) in [5.41, 5.74) is 0.833. The van der Waals surface area contributed by atoms with Crippen LogP contribution in [-0.2, 0) is 6.61 Å². The minimum atomic E-state index is 0.311. The molecule has 4 nitrogen and oxygen atoms in total. The summed E-state index contributed by atoms with van der Waals surface area (Å²) in [5, 5.41) is 10.5. The molecule has 0 atom stereocenters. The van der Waals surface area contributed by atoms with E-state index in [9.17, 15) is 0 Å². The molecule has 0 fully saturated rings. The molecule has 3 aromatic rings. The molecule has 0 bridgehead atoms. The Balaban J connectivity index is 1.73. The third-order valence-electron chi connectivity index (χ3n) is 3.25. The van der Waals surface area contributed by atoms with Gasteiger partial charge in [-0.15, -0.1) is 5.10 Å². The highest BCUT2D eigenvalue weighted by Crippen LogP contribution is 2.24. The summed E-state index contributed by atoms with van der Waals surface area (Å²) in [6, 6.07) is 12.6. The van der Waals surface area contributed by atoms with E-state index in [1.165, 1.54) is 5.39 Å². The highest BCUT2D eigenvalue weighted by atomic mass is 79.9. The number of fused-ring (bicyclic) bond motifs is 1. The van der Waals surface area contributed by atoms with Crippen LogP contribution in [0.4, 0.5) is 0 Å². The third kappa shape index (κ3) is 3.24. The van der Waals surface area contributed by atoms with Crippen LogP contribution in [0.5, 0.6) is 5.75 Å². The molecule has 0 saturated heterocycles. The van der Waals surface area contributed by atoms with Crippen molar-refractivity contribution in [2.24, 2.45) is 0 Å². The summed E-state index contributed by atoms with van der Waals surface area (Å²) in [6.07, 6.45) is 1.92. The second-order valence-corrected chi connectivity index (χ2v) is 6.14. The van der Waals surface area contributed by atoms with E-state index in [-0.39, 0.29) is 0 Å². The van der Waals surface area contributed by atoms with Gasteiger partial charge < -0.3 is 4.74 Å². The maximum absolute atomic E-state index is 5.80. The van der Waals surface area contributed by atoms with Crippen molar-refractivity contribution in [3.8, 4) is 5.75 Å². The highest BCUT2D eigenvalue weighted by molar-refractivity contribution is 9.10. The van der Waals surface area contributed by atoms with E-state index in [2.05, 4.69) is 58.3 Å². The lowest BCUT2D eigenvalue weighted by Gasteiger charge is -2.06. The largest absolute Gasteiger partial charge is 0.487 e. The Hall–Kier alpha value is -1.88. The Morgan fingerprint density at radius 2 is 1.90 bits per heavy atom. The first-order valence-electron chi connectivity index (χ1n) is 6.84. The molecular formula is C16H16BrN3O. The lowest BCUT2D eigenvalue weighted by atomic mass is 10.1. The summed E-state index contributed by atoms with van der Waals surface area (Å²) in [7, 11) is 0. The molecule has 0 aliphatic heterocycles.